The molecule has 1 atom stereocenters. The molecule has 1 saturated heterocycles. The number of hydrogen-bond donors (Lipinski definition) is 1. The van der Waals surface area contributed by atoms with Crippen LogP contribution in [0.5, 0.6) is 0 Å². The van der Waals surface area contributed by atoms with Crippen LogP contribution in [0, 0.1) is 5.92 Å². The van der Waals surface area contributed by atoms with E-state index in [2.05, 4.69) is 5.32 Å². The average Bonchev–Trinajstić information content (AvgIpc) is 2.27. The first kappa shape index (κ1) is 14.0. The molecular weight excluding hydrogens is 218 g/mol. The first-order valence-corrected chi connectivity index (χ1v) is 6.14. The Morgan fingerprint density at radius 3 is 2.59 bits per heavy atom. The van der Waals surface area contributed by atoms with E-state index >= 15 is 0 Å². The lowest BCUT2D eigenvalue weighted by molar-refractivity contribution is -0.145. The Morgan fingerprint density at radius 2 is 2.06 bits per heavy atom. The van der Waals surface area contributed by atoms with E-state index in [0.717, 1.165) is 6.54 Å². The molecule has 17 heavy (non-hydrogen) atoms. The second-order valence-corrected chi connectivity index (χ2v) is 5.14. The predicted molar refractivity (Wildman–Crippen MR) is 66.5 cm³/mol. The van der Waals surface area contributed by atoms with Crippen molar-refractivity contribution in [2.75, 3.05) is 33.7 Å². The highest BCUT2D eigenvalue weighted by molar-refractivity contribution is 5.88. The molecule has 0 bridgehead atoms. The summed E-state index contributed by atoms with van der Waals surface area (Å²) >= 11 is 0. The molecule has 5 nitrogen and oxygen atoms in total. The van der Waals surface area contributed by atoms with E-state index in [4.69, 9.17) is 0 Å². The molecule has 1 rings (SSSR count). The summed E-state index contributed by atoms with van der Waals surface area (Å²) in [6, 6.07) is -0.343. The van der Waals surface area contributed by atoms with Gasteiger partial charge in [-0.3, -0.25) is 9.59 Å². The molecule has 0 aromatic rings. The minimum absolute atomic E-state index is 0.00527. The minimum Gasteiger partial charge on any atom is -0.347 e. The van der Waals surface area contributed by atoms with Crippen LogP contribution in [0.3, 0.4) is 0 Å². The van der Waals surface area contributed by atoms with Gasteiger partial charge in [0.2, 0.25) is 11.8 Å². The van der Waals surface area contributed by atoms with E-state index in [1.54, 1.807) is 23.9 Å². The van der Waals surface area contributed by atoms with Gasteiger partial charge in [-0.05, 0) is 5.92 Å². The molecule has 1 heterocycles. The fourth-order valence-corrected chi connectivity index (χ4v) is 1.99. The number of likely N-dealkylation sites (N-methyl/N-ethyl adjacent to an activating group) is 1. The van der Waals surface area contributed by atoms with Crippen LogP contribution in [0.15, 0.2) is 0 Å². The van der Waals surface area contributed by atoms with Crippen LogP contribution in [-0.2, 0) is 9.59 Å². The van der Waals surface area contributed by atoms with Crippen molar-refractivity contribution in [1.82, 2.24) is 15.1 Å². The van der Waals surface area contributed by atoms with Gasteiger partial charge in [0.15, 0.2) is 0 Å². The third-order valence-corrected chi connectivity index (χ3v) is 2.87. The van der Waals surface area contributed by atoms with Crippen LogP contribution in [0.1, 0.15) is 20.3 Å². The molecule has 1 aliphatic heterocycles. The third kappa shape index (κ3) is 3.70. The Labute approximate surface area is 103 Å². The number of hydrogen-bond acceptors (Lipinski definition) is 3. The average molecular weight is 241 g/mol. The molecule has 0 aromatic heterocycles. The highest BCUT2D eigenvalue weighted by Crippen LogP contribution is 2.11. The number of rotatable bonds is 3. The molecule has 98 valence electrons. The fraction of sp³-hybridized carbons (Fsp3) is 0.833. The van der Waals surface area contributed by atoms with Crippen molar-refractivity contribution < 1.29 is 9.59 Å². The zero-order chi connectivity index (χ0) is 13.0. The van der Waals surface area contributed by atoms with E-state index in [1.807, 2.05) is 13.8 Å². The molecule has 0 spiro atoms. The lowest BCUT2D eigenvalue weighted by Gasteiger charge is -2.36. The Hall–Kier alpha value is -1.10. The van der Waals surface area contributed by atoms with Gasteiger partial charge >= 0.3 is 0 Å². The van der Waals surface area contributed by atoms with E-state index in [9.17, 15) is 9.59 Å². The lowest BCUT2D eigenvalue weighted by atomic mass is 10.1. The second-order valence-electron chi connectivity index (χ2n) is 5.14. The van der Waals surface area contributed by atoms with E-state index < -0.39 is 0 Å². The van der Waals surface area contributed by atoms with E-state index in [1.165, 1.54) is 0 Å². The Kier molecular flexibility index (Phi) is 4.93. The molecule has 0 radical (unpaired) electrons. The SMILES string of the molecule is CC(C)CC(=O)N1CCNCC1C(=O)N(C)C. The molecule has 0 aromatic carbocycles. The van der Waals surface area contributed by atoms with Crippen molar-refractivity contribution in [3.05, 3.63) is 0 Å². The van der Waals surface area contributed by atoms with Crippen LogP contribution < -0.4 is 5.32 Å². The highest BCUT2D eigenvalue weighted by Gasteiger charge is 2.32. The summed E-state index contributed by atoms with van der Waals surface area (Å²) in [5.41, 5.74) is 0. The molecule has 1 N–H and O–H groups in total. The molecule has 1 unspecified atom stereocenters. The highest BCUT2D eigenvalue weighted by atomic mass is 16.2. The molecule has 0 saturated carbocycles. The first-order valence-electron chi connectivity index (χ1n) is 6.14. The maximum Gasteiger partial charge on any atom is 0.246 e. The molecule has 1 aliphatic rings. The van der Waals surface area contributed by atoms with E-state index in [-0.39, 0.29) is 17.9 Å². The zero-order valence-electron chi connectivity index (χ0n) is 11.2. The van der Waals surface area contributed by atoms with Gasteiger partial charge < -0.3 is 15.1 Å². The maximum atomic E-state index is 12.1. The lowest BCUT2D eigenvalue weighted by Crippen LogP contribution is -2.59. The summed E-state index contributed by atoms with van der Waals surface area (Å²) in [7, 11) is 3.45. The number of nitrogens with one attached hydrogen (secondary N) is 1. The maximum absolute atomic E-state index is 12.1. The fourth-order valence-electron chi connectivity index (χ4n) is 1.99. The summed E-state index contributed by atoms with van der Waals surface area (Å²) in [6.45, 7) is 5.98. The number of nitrogens with zero attached hydrogens (tertiary/aromatic N) is 2. The molecule has 5 heteroatoms. The predicted octanol–water partition coefficient (Wildman–Crippen LogP) is -0.0789. The summed E-state index contributed by atoms with van der Waals surface area (Å²) < 4.78 is 0. The van der Waals surface area contributed by atoms with Gasteiger partial charge in [-0.15, -0.1) is 0 Å². The minimum atomic E-state index is -0.343. The zero-order valence-corrected chi connectivity index (χ0v) is 11.2. The normalized spacial score (nSPS) is 20.5. The number of carbonyl (C=O) groups is 2. The Balaban J connectivity index is 2.72. The smallest absolute Gasteiger partial charge is 0.246 e. The van der Waals surface area contributed by atoms with Gasteiger partial charge in [0.05, 0.1) is 0 Å². The second kappa shape index (κ2) is 6.00. The monoisotopic (exact) mass is 241 g/mol. The quantitative estimate of drug-likeness (QED) is 0.752. The van der Waals surface area contributed by atoms with Crippen LogP contribution >= 0.6 is 0 Å². The number of carbonyl (C=O) groups excluding carboxylic acids is 2. The Bertz CT molecular complexity index is 289. The van der Waals surface area contributed by atoms with Crippen molar-refractivity contribution >= 4 is 11.8 Å². The summed E-state index contributed by atoms with van der Waals surface area (Å²) in [5, 5.41) is 3.17. The molecule has 2 amide bonds. The largest absolute Gasteiger partial charge is 0.347 e. The van der Waals surface area contributed by atoms with Crippen LogP contribution in [0.25, 0.3) is 0 Å². The van der Waals surface area contributed by atoms with Crippen molar-refractivity contribution in [3.8, 4) is 0 Å². The van der Waals surface area contributed by atoms with Gasteiger partial charge in [0.1, 0.15) is 6.04 Å². The van der Waals surface area contributed by atoms with Gasteiger partial charge in [-0.2, -0.15) is 0 Å². The van der Waals surface area contributed by atoms with Crippen molar-refractivity contribution in [2.45, 2.75) is 26.3 Å². The van der Waals surface area contributed by atoms with Crippen LogP contribution in [0.4, 0.5) is 0 Å². The summed E-state index contributed by atoms with van der Waals surface area (Å²) in [4.78, 5) is 27.3. The summed E-state index contributed by atoms with van der Waals surface area (Å²) in [6.07, 6.45) is 0.511. The van der Waals surface area contributed by atoms with Gasteiger partial charge in [0, 0.05) is 40.2 Å². The van der Waals surface area contributed by atoms with Crippen molar-refractivity contribution in [3.63, 3.8) is 0 Å². The topological polar surface area (TPSA) is 52.7 Å². The summed E-state index contributed by atoms with van der Waals surface area (Å²) in [5.74, 6) is 0.406. The molecular formula is C12H23N3O2. The van der Waals surface area contributed by atoms with Gasteiger partial charge in [-0.25, -0.2) is 0 Å². The van der Waals surface area contributed by atoms with Crippen LogP contribution in [0.2, 0.25) is 0 Å². The van der Waals surface area contributed by atoms with Gasteiger partial charge in [0.25, 0.3) is 0 Å². The van der Waals surface area contributed by atoms with Crippen molar-refractivity contribution in [2.24, 2.45) is 5.92 Å². The number of piperazine rings is 1. The third-order valence-electron chi connectivity index (χ3n) is 2.87. The molecule has 0 aliphatic carbocycles. The first-order chi connectivity index (χ1) is 7.93. The number of amides is 2. The van der Waals surface area contributed by atoms with Crippen LogP contribution in [-0.4, -0.2) is 61.4 Å². The standard InChI is InChI=1S/C12H23N3O2/c1-9(2)7-11(16)15-6-5-13-8-10(15)12(17)14(3)4/h9-10,13H,5-8H2,1-4H3. The molecule has 1 fully saturated rings. The van der Waals surface area contributed by atoms with Gasteiger partial charge in [-0.1, -0.05) is 13.8 Å². The van der Waals surface area contributed by atoms with Crippen molar-refractivity contribution in [1.29, 1.82) is 0 Å². The van der Waals surface area contributed by atoms with E-state index in [0.29, 0.717) is 25.4 Å². The Morgan fingerprint density at radius 1 is 1.41 bits per heavy atom.